The van der Waals surface area contributed by atoms with Gasteiger partial charge in [-0.1, -0.05) is 12.8 Å². The molecule has 0 bridgehead atoms. The van der Waals surface area contributed by atoms with Crippen LogP contribution in [-0.2, 0) is 0 Å². The van der Waals surface area contributed by atoms with Gasteiger partial charge in [-0.05, 0) is 38.0 Å². The summed E-state index contributed by atoms with van der Waals surface area (Å²) in [7, 11) is 0. The number of nitriles is 1. The Morgan fingerprint density at radius 2 is 2.06 bits per heavy atom. The van der Waals surface area contributed by atoms with Gasteiger partial charge in [-0.3, -0.25) is 9.36 Å². The molecule has 2 fully saturated rings. The lowest BCUT2D eigenvalue weighted by atomic mass is 10.2. The Morgan fingerprint density at radius 3 is 2.78 bits per heavy atom. The van der Waals surface area contributed by atoms with Gasteiger partial charge in [0.1, 0.15) is 23.1 Å². The highest BCUT2D eigenvalue weighted by Crippen LogP contribution is 2.31. The predicted molar refractivity (Wildman–Crippen MR) is 123 cm³/mol. The maximum Gasteiger partial charge on any atom is 0.270 e. The molecule has 3 aromatic heterocycles. The number of nitrogens with one attached hydrogen (secondary N) is 2. The Balaban J connectivity index is 1.44. The molecule has 1 saturated carbocycles. The summed E-state index contributed by atoms with van der Waals surface area (Å²) in [6.45, 7) is 5.04. The van der Waals surface area contributed by atoms with E-state index in [1.807, 2.05) is 24.4 Å². The minimum atomic E-state index is -0.274. The molecule has 2 aliphatic rings. The van der Waals surface area contributed by atoms with Gasteiger partial charge in [0.05, 0.1) is 11.9 Å². The smallest absolute Gasteiger partial charge is 0.270 e. The molecule has 9 heteroatoms. The number of hydrogen-bond donors (Lipinski definition) is 2. The highest BCUT2D eigenvalue weighted by molar-refractivity contribution is 5.77. The van der Waals surface area contributed by atoms with Crippen LogP contribution in [0.5, 0.6) is 0 Å². The van der Waals surface area contributed by atoms with E-state index in [-0.39, 0.29) is 17.2 Å². The lowest BCUT2D eigenvalue weighted by Gasteiger charge is -2.33. The van der Waals surface area contributed by atoms with Crippen molar-refractivity contribution in [1.29, 1.82) is 5.26 Å². The van der Waals surface area contributed by atoms with Crippen LogP contribution >= 0.6 is 0 Å². The molecule has 5 rings (SSSR count). The van der Waals surface area contributed by atoms with E-state index < -0.39 is 0 Å². The van der Waals surface area contributed by atoms with E-state index >= 15 is 0 Å². The molecular formula is C23H26N8O. The number of nitrogens with zero attached hydrogens (tertiary/aromatic N) is 6. The molecule has 32 heavy (non-hydrogen) atoms. The lowest BCUT2D eigenvalue weighted by Crippen LogP contribution is -2.49. The first-order chi connectivity index (χ1) is 15.6. The second kappa shape index (κ2) is 8.55. The summed E-state index contributed by atoms with van der Waals surface area (Å²) in [5, 5.41) is 16.7. The molecule has 1 atom stereocenters. The van der Waals surface area contributed by atoms with E-state index in [0.717, 1.165) is 51.0 Å². The average molecular weight is 431 g/mol. The third-order valence-electron chi connectivity index (χ3n) is 6.31. The summed E-state index contributed by atoms with van der Waals surface area (Å²) >= 11 is 0. The monoisotopic (exact) mass is 430 g/mol. The topological polar surface area (TPSA) is 112 Å². The fourth-order valence-electron chi connectivity index (χ4n) is 4.69. The van der Waals surface area contributed by atoms with Gasteiger partial charge in [0.15, 0.2) is 0 Å². The standard InChI is InChI=1S/C23H26N8O/c1-15-14-30(9-8-25-15)19-6-7-20(26-13-19)28-23-27-12-17-10-16(11-24)22(32)31(21(17)29-23)18-4-2-3-5-18/h6-7,10,12-13,15,18,25H,2-5,8-9,14H2,1H3,(H,26,27,28,29). The molecule has 164 valence electrons. The number of rotatable bonds is 4. The summed E-state index contributed by atoms with van der Waals surface area (Å²) < 4.78 is 1.69. The van der Waals surface area contributed by atoms with Gasteiger partial charge in [-0.2, -0.15) is 10.2 Å². The van der Waals surface area contributed by atoms with E-state index in [0.29, 0.717) is 28.8 Å². The van der Waals surface area contributed by atoms with Crippen molar-refractivity contribution < 1.29 is 0 Å². The molecule has 0 radical (unpaired) electrons. The summed E-state index contributed by atoms with van der Waals surface area (Å²) in [5.41, 5.74) is 1.50. The number of aromatic nitrogens is 4. The first-order valence-corrected chi connectivity index (χ1v) is 11.2. The van der Waals surface area contributed by atoms with Crippen LogP contribution in [0.15, 0.2) is 35.4 Å². The fourth-order valence-corrected chi connectivity index (χ4v) is 4.69. The van der Waals surface area contributed by atoms with Crippen LogP contribution in [0.3, 0.4) is 0 Å². The van der Waals surface area contributed by atoms with E-state index in [2.05, 4.69) is 37.4 Å². The van der Waals surface area contributed by atoms with Gasteiger partial charge in [0, 0.05) is 43.3 Å². The van der Waals surface area contributed by atoms with Crippen molar-refractivity contribution in [2.45, 2.75) is 44.7 Å². The molecule has 3 aromatic rings. The molecule has 1 aliphatic carbocycles. The Kier molecular flexibility index (Phi) is 5.45. The van der Waals surface area contributed by atoms with E-state index in [4.69, 9.17) is 0 Å². The summed E-state index contributed by atoms with van der Waals surface area (Å²) in [5.74, 6) is 1.02. The number of anilines is 3. The maximum absolute atomic E-state index is 12.9. The molecule has 1 aliphatic heterocycles. The van der Waals surface area contributed by atoms with Gasteiger partial charge < -0.3 is 15.5 Å². The van der Waals surface area contributed by atoms with Gasteiger partial charge in [0.25, 0.3) is 5.56 Å². The fraction of sp³-hybridized carbons (Fsp3) is 0.435. The van der Waals surface area contributed by atoms with Crippen LogP contribution in [0.25, 0.3) is 11.0 Å². The number of piperazine rings is 1. The van der Waals surface area contributed by atoms with E-state index in [1.165, 1.54) is 0 Å². The molecule has 0 aromatic carbocycles. The zero-order chi connectivity index (χ0) is 22.1. The molecular weight excluding hydrogens is 404 g/mol. The van der Waals surface area contributed by atoms with Gasteiger partial charge in [-0.15, -0.1) is 0 Å². The first-order valence-electron chi connectivity index (χ1n) is 11.2. The van der Waals surface area contributed by atoms with Crippen molar-refractivity contribution in [3.8, 4) is 6.07 Å². The molecule has 9 nitrogen and oxygen atoms in total. The van der Waals surface area contributed by atoms with Gasteiger partial charge in [-0.25, -0.2) is 9.97 Å². The Bertz CT molecular complexity index is 1220. The van der Waals surface area contributed by atoms with Crippen LogP contribution in [0, 0.1) is 11.3 Å². The molecule has 4 heterocycles. The van der Waals surface area contributed by atoms with Crippen LogP contribution in [0.1, 0.15) is 44.2 Å². The van der Waals surface area contributed by atoms with Crippen molar-refractivity contribution in [3.05, 3.63) is 46.5 Å². The number of hydrogen-bond acceptors (Lipinski definition) is 8. The minimum Gasteiger partial charge on any atom is -0.367 e. The van der Waals surface area contributed by atoms with Crippen LogP contribution in [-0.4, -0.2) is 45.2 Å². The van der Waals surface area contributed by atoms with Crippen molar-refractivity contribution >= 4 is 28.5 Å². The summed E-state index contributed by atoms with van der Waals surface area (Å²) in [6, 6.07) is 8.07. The lowest BCUT2D eigenvalue weighted by molar-refractivity contribution is 0.484. The molecule has 2 N–H and O–H groups in total. The van der Waals surface area contributed by atoms with E-state index in [9.17, 15) is 10.1 Å². The molecule has 0 spiro atoms. The van der Waals surface area contributed by atoms with Crippen molar-refractivity contribution in [1.82, 2.24) is 24.8 Å². The second-order valence-corrected chi connectivity index (χ2v) is 8.58. The third kappa shape index (κ3) is 3.89. The number of pyridine rings is 2. The Hall–Kier alpha value is -3.51. The Labute approximate surface area is 186 Å². The van der Waals surface area contributed by atoms with Gasteiger partial charge >= 0.3 is 0 Å². The quantitative estimate of drug-likeness (QED) is 0.650. The summed E-state index contributed by atoms with van der Waals surface area (Å²) in [4.78, 5) is 28.8. The second-order valence-electron chi connectivity index (χ2n) is 8.58. The Morgan fingerprint density at radius 1 is 1.22 bits per heavy atom. The zero-order valence-electron chi connectivity index (χ0n) is 18.1. The highest BCUT2D eigenvalue weighted by Gasteiger charge is 2.23. The SMILES string of the molecule is CC1CN(c2ccc(Nc3ncc4cc(C#N)c(=O)n(C5CCCC5)c4n3)nc2)CCN1. The maximum atomic E-state index is 12.9. The first kappa shape index (κ1) is 20.4. The molecule has 1 saturated heterocycles. The molecule has 0 amide bonds. The zero-order valence-corrected chi connectivity index (χ0v) is 18.1. The summed E-state index contributed by atoms with van der Waals surface area (Å²) in [6.07, 6.45) is 7.51. The number of fused-ring (bicyclic) bond motifs is 1. The predicted octanol–water partition coefficient (Wildman–Crippen LogP) is 2.71. The minimum absolute atomic E-state index is 0.0693. The van der Waals surface area contributed by atoms with Crippen LogP contribution in [0.2, 0.25) is 0 Å². The largest absolute Gasteiger partial charge is 0.367 e. The van der Waals surface area contributed by atoms with Crippen molar-refractivity contribution in [3.63, 3.8) is 0 Å². The van der Waals surface area contributed by atoms with Crippen LogP contribution < -0.4 is 21.1 Å². The van der Waals surface area contributed by atoms with E-state index in [1.54, 1.807) is 16.8 Å². The third-order valence-corrected chi connectivity index (χ3v) is 6.31. The average Bonchev–Trinajstić information content (AvgIpc) is 3.33. The highest BCUT2D eigenvalue weighted by atomic mass is 16.1. The van der Waals surface area contributed by atoms with Crippen molar-refractivity contribution in [2.24, 2.45) is 0 Å². The van der Waals surface area contributed by atoms with Gasteiger partial charge in [0.2, 0.25) is 5.95 Å². The molecule has 1 unspecified atom stereocenters. The normalized spacial score (nSPS) is 19.2. The van der Waals surface area contributed by atoms with Crippen molar-refractivity contribution in [2.75, 3.05) is 29.9 Å². The van der Waals surface area contributed by atoms with Crippen LogP contribution in [0.4, 0.5) is 17.5 Å².